The quantitative estimate of drug-likeness (QED) is 0.781. The molecule has 1 aromatic carbocycles. The molecule has 1 aliphatic heterocycles. The molecule has 0 saturated carbocycles. The van der Waals surface area contributed by atoms with Gasteiger partial charge in [0.1, 0.15) is 5.82 Å². The number of aryl methyl sites for hydroxylation is 1. The Balaban J connectivity index is 1.42. The molecule has 4 rings (SSSR count). The fraction of sp³-hybridized carbons (Fsp3) is 0.368. The molecule has 1 atom stereocenters. The Morgan fingerprint density at radius 3 is 2.88 bits per heavy atom. The molecule has 1 fully saturated rings. The van der Waals surface area contributed by atoms with Gasteiger partial charge >= 0.3 is 0 Å². The largest absolute Gasteiger partial charge is 0.354 e. The molecule has 3 heterocycles. The van der Waals surface area contributed by atoms with Crippen LogP contribution in [0.4, 0.5) is 0 Å². The molecule has 0 aliphatic carbocycles. The van der Waals surface area contributed by atoms with Gasteiger partial charge in [-0.3, -0.25) is 4.79 Å². The molecule has 1 amide bonds. The summed E-state index contributed by atoms with van der Waals surface area (Å²) in [6, 6.07) is 12.2. The van der Waals surface area contributed by atoms with Gasteiger partial charge in [-0.15, -0.1) is 0 Å². The van der Waals surface area contributed by atoms with E-state index in [9.17, 15) is 4.79 Å². The number of amides is 1. The van der Waals surface area contributed by atoms with Crippen molar-refractivity contribution in [3.8, 4) is 0 Å². The summed E-state index contributed by atoms with van der Waals surface area (Å²) in [4.78, 5) is 22.7. The molecule has 24 heavy (non-hydrogen) atoms. The van der Waals surface area contributed by atoms with Gasteiger partial charge in [0.25, 0.3) is 0 Å². The number of carbonyl (C=O) groups is 1. The molecule has 1 N–H and O–H groups in total. The summed E-state index contributed by atoms with van der Waals surface area (Å²) >= 11 is 0. The van der Waals surface area contributed by atoms with Crippen molar-refractivity contribution in [1.29, 1.82) is 0 Å². The first-order valence-corrected chi connectivity index (χ1v) is 8.66. The molecule has 0 spiro atoms. The van der Waals surface area contributed by atoms with Crippen LogP contribution in [0.2, 0.25) is 0 Å². The summed E-state index contributed by atoms with van der Waals surface area (Å²) < 4.78 is 2.12. The number of carbonyl (C=O) groups excluding carboxylic acids is 1. The molecule has 0 radical (unpaired) electrons. The first kappa shape index (κ1) is 15.0. The zero-order valence-corrected chi connectivity index (χ0v) is 13.7. The van der Waals surface area contributed by atoms with Gasteiger partial charge in [-0.25, -0.2) is 4.98 Å². The minimum Gasteiger partial charge on any atom is -0.354 e. The topological polar surface area (TPSA) is 53.9 Å². The van der Waals surface area contributed by atoms with Crippen LogP contribution >= 0.6 is 0 Å². The lowest BCUT2D eigenvalue weighted by Crippen LogP contribution is -2.31. The predicted molar refractivity (Wildman–Crippen MR) is 93.4 cm³/mol. The zero-order chi connectivity index (χ0) is 16.4. The molecule has 0 bridgehead atoms. The van der Waals surface area contributed by atoms with Crippen molar-refractivity contribution in [2.75, 3.05) is 6.54 Å². The standard InChI is InChI=1S/C19H22N4O/c24-18(10-6-13-22-11-3-4-12-22)23-14-5-9-17(23)19-20-15-7-1-2-8-16(15)21-19/h1-4,7-8,11-12,17H,5-6,9-10,13-14H2,(H,20,21)/t17-/m0/s1. The third-order valence-electron chi connectivity index (χ3n) is 4.77. The Morgan fingerprint density at radius 2 is 2.04 bits per heavy atom. The highest BCUT2D eigenvalue weighted by molar-refractivity contribution is 5.78. The van der Waals surface area contributed by atoms with Crippen molar-refractivity contribution in [3.63, 3.8) is 0 Å². The van der Waals surface area contributed by atoms with Crippen LogP contribution in [-0.2, 0) is 11.3 Å². The predicted octanol–water partition coefficient (Wildman–Crippen LogP) is 3.51. The molecule has 5 nitrogen and oxygen atoms in total. The minimum absolute atomic E-state index is 0.0940. The lowest BCUT2D eigenvalue weighted by Gasteiger charge is -2.23. The Kier molecular flexibility index (Phi) is 4.07. The second-order valence-electron chi connectivity index (χ2n) is 6.41. The fourth-order valence-electron chi connectivity index (χ4n) is 3.56. The lowest BCUT2D eigenvalue weighted by atomic mass is 10.2. The van der Waals surface area contributed by atoms with Gasteiger partial charge in [-0.05, 0) is 43.5 Å². The number of aromatic nitrogens is 3. The smallest absolute Gasteiger partial charge is 0.223 e. The number of fused-ring (bicyclic) bond motifs is 1. The van der Waals surface area contributed by atoms with Gasteiger partial charge in [-0.1, -0.05) is 12.1 Å². The van der Waals surface area contributed by atoms with Crippen molar-refractivity contribution in [1.82, 2.24) is 19.4 Å². The summed E-state index contributed by atoms with van der Waals surface area (Å²) in [5, 5.41) is 0. The van der Waals surface area contributed by atoms with Crippen molar-refractivity contribution in [2.24, 2.45) is 0 Å². The molecule has 124 valence electrons. The van der Waals surface area contributed by atoms with Gasteiger partial charge in [0.15, 0.2) is 0 Å². The van der Waals surface area contributed by atoms with E-state index >= 15 is 0 Å². The van der Waals surface area contributed by atoms with Crippen LogP contribution in [0.3, 0.4) is 0 Å². The van der Waals surface area contributed by atoms with E-state index in [1.807, 2.05) is 53.7 Å². The zero-order valence-electron chi connectivity index (χ0n) is 13.7. The maximum absolute atomic E-state index is 12.6. The van der Waals surface area contributed by atoms with E-state index < -0.39 is 0 Å². The van der Waals surface area contributed by atoms with E-state index in [4.69, 9.17) is 4.98 Å². The number of nitrogens with zero attached hydrogens (tertiary/aromatic N) is 3. The van der Waals surface area contributed by atoms with E-state index in [2.05, 4.69) is 9.55 Å². The maximum atomic E-state index is 12.6. The number of benzene rings is 1. The number of nitrogens with one attached hydrogen (secondary N) is 1. The van der Waals surface area contributed by atoms with Gasteiger partial charge in [0, 0.05) is 31.9 Å². The number of aromatic amines is 1. The van der Waals surface area contributed by atoms with Crippen LogP contribution < -0.4 is 0 Å². The lowest BCUT2D eigenvalue weighted by molar-refractivity contribution is -0.132. The van der Waals surface area contributed by atoms with E-state index in [1.54, 1.807) is 0 Å². The van der Waals surface area contributed by atoms with Crippen LogP contribution in [0.15, 0.2) is 48.8 Å². The SMILES string of the molecule is O=C(CCCn1cccc1)N1CCC[C@H]1c1nc2ccccc2[nH]1. The molecular formula is C19H22N4O. The Bertz CT molecular complexity index is 788. The molecule has 1 saturated heterocycles. The molecule has 0 unspecified atom stereocenters. The summed E-state index contributed by atoms with van der Waals surface area (Å²) in [7, 11) is 0. The Morgan fingerprint density at radius 1 is 1.21 bits per heavy atom. The Labute approximate surface area is 141 Å². The number of hydrogen-bond acceptors (Lipinski definition) is 2. The highest BCUT2D eigenvalue weighted by Gasteiger charge is 2.31. The summed E-state index contributed by atoms with van der Waals surface area (Å²) in [6.07, 6.45) is 7.58. The summed E-state index contributed by atoms with van der Waals surface area (Å²) in [6.45, 7) is 1.73. The summed E-state index contributed by atoms with van der Waals surface area (Å²) in [5.74, 6) is 1.16. The number of H-pyrrole nitrogens is 1. The minimum atomic E-state index is 0.0940. The monoisotopic (exact) mass is 322 g/mol. The number of imidazole rings is 1. The first-order valence-electron chi connectivity index (χ1n) is 8.66. The summed E-state index contributed by atoms with van der Waals surface area (Å²) in [5.41, 5.74) is 2.01. The molecular weight excluding hydrogens is 300 g/mol. The van der Waals surface area contributed by atoms with Crippen LogP contribution in [0.5, 0.6) is 0 Å². The molecule has 1 aliphatic rings. The highest BCUT2D eigenvalue weighted by Crippen LogP contribution is 2.32. The van der Waals surface area contributed by atoms with Crippen LogP contribution in [0.1, 0.15) is 37.5 Å². The second-order valence-corrected chi connectivity index (χ2v) is 6.41. The average Bonchev–Trinajstić information content (AvgIpc) is 3.33. The molecule has 3 aromatic rings. The normalized spacial score (nSPS) is 17.7. The Hall–Kier alpha value is -2.56. The van der Waals surface area contributed by atoms with Gasteiger partial charge in [-0.2, -0.15) is 0 Å². The van der Waals surface area contributed by atoms with Crippen LogP contribution in [-0.4, -0.2) is 31.9 Å². The average molecular weight is 322 g/mol. The highest BCUT2D eigenvalue weighted by atomic mass is 16.2. The molecule has 2 aromatic heterocycles. The number of likely N-dealkylation sites (tertiary alicyclic amines) is 1. The van der Waals surface area contributed by atoms with Gasteiger partial charge in [0.2, 0.25) is 5.91 Å². The third kappa shape index (κ3) is 2.94. The molecule has 5 heteroatoms. The van der Waals surface area contributed by atoms with E-state index in [0.717, 1.165) is 49.2 Å². The van der Waals surface area contributed by atoms with Crippen LogP contribution in [0.25, 0.3) is 11.0 Å². The fourth-order valence-corrected chi connectivity index (χ4v) is 3.56. The van der Waals surface area contributed by atoms with Gasteiger partial charge in [0.05, 0.1) is 17.1 Å². The van der Waals surface area contributed by atoms with Crippen molar-refractivity contribution >= 4 is 16.9 Å². The van der Waals surface area contributed by atoms with E-state index in [0.29, 0.717) is 6.42 Å². The second kappa shape index (κ2) is 6.51. The van der Waals surface area contributed by atoms with Crippen molar-refractivity contribution < 1.29 is 4.79 Å². The van der Waals surface area contributed by atoms with E-state index in [1.165, 1.54) is 0 Å². The van der Waals surface area contributed by atoms with Gasteiger partial charge < -0.3 is 14.5 Å². The van der Waals surface area contributed by atoms with Crippen molar-refractivity contribution in [2.45, 2.75) is 38.3 Å². The van der Waals surface area contributed by atoms with Crippen molar-refractivity contribution in [3.05, 3.63) is 54.6 Å². The number of hydrogen-bond donors (Lipinski definition) is 1. The first-order chi connectivity index (χ1) is 11.8. The number of para-hydroxylation sites is 2. The van der Waals surface area contributed by atoms with E-state index in [-0.39, 0.29) is 11.9 Å². The number of rotatable bonds is 5. The van der Waals surface area contributed by atoms with Crippen LogP contribution in [0, 0.1) is 0 Å². The third-order valence-corrected chi connectivity index (χ3v) is 4.77. The maximum Gasteiger partial charge on any atom is 0.223 e.